The maximum atomic E-state index is 13.1. The predicted molar refractivity (Wildman–Crippen MR) is 168 cm³/mol. The second kappa shape index (κ2) is 13.3. The van der Waals surface area contributed by atoms with E-state index in [0.717, 1.165) is 16.0 Å². The van der Waals surface area contributed by atoms with Gasteiger partial charge < -0.3 is 10.1 Å². The third-order valence-electron chi connectivity index (χ3n) is 6.65. The molecule has 2 aliphatic rings. The minimum atomic E-state index is -0.841. The Kier molecular flexibility index (Phi) is 9.96. The Hall–Kier alpha value is -3.41. The first-order valence-electron chi connectivity index (χ1n) is 13.7. The maximum Gasteiger partial charge on any atom is 0.329 e. The molecule has 1 aromatic carbocycles. The quantitative estimate of drug-likeness (QED) is 0.278. The average Bonchev–Trinajstić information content (AvgIpc) is 3.46. The van der Waals surface area contributed by atoms with Gasteiger partial charge >= 0.3 is 5.97 Å². The summed E-state index contributed by atoms with van der Waals surface area (Å²) in [6, 6.07) is 13.6. The second-order valence-corrected chi connectivity index (χ2v) is 13.7. The van der Waals surface area contributed by atoms with Gasteiger partial charge in [-0.2, -0.15) is 0 Å². The molecule has 2 N–H and O–H groups in total. The minimum Gasteiger partial charge on any atom is -0.458 e. The first-order chi connectivity index (χ1) is 19.8. The highest BCUT2D eigenvalue weighted by Gasteiger charge is 2.41. The predicted octanol–water partition coefficient (Wildman–Crippen LogP) is 4.48. The molecule has 2 aliphatic heterocycles. The van der Waals surface area contributed by atoms with E-state index in [1.54, 1.807) is 56.0 Å². The van der Waals surface area contributed by atoms with Crippen LogP contribution in [0.15, 0.2) is 72.0 Å². The van der Waals surface area contributed by atoms with Crippen LogP contribution in [0.2, 0.25) is 0 Å². The Bertz CT molecular complexity index is 1410. The lowest BCUT2D eigenvalue weighted by atomic mass is 10.0. The largest absolute Gasteiger partial charge is 0.458 e. The standard InChI is InChI=1S/C26H32N4O4S.C5H5NS/c1-25(2,3)34-24(33)19(29-23(32)21-26(4,5)35-15-28-21)13-16-8-10-18(11-9-16)30-20(31)14-17-7-6-12-27-22(17)30;7-5-2-1-3-6-4-5/h6-12,19,21,28H,13-15H2,1-5H3,(H,29,32);1-4,7H/t19-,21+;/m0./s1. The molecule has 2 atom stereocenters. The van der Waals surface area contributed by atoms with Crippen molar-refractivity contribution in [3.05, 3.63) is 78.2 Å². The number of fused-ring (bicyclic) bond motifs is 1. The van der Waals surface area contributed by atoms with Gasteiger partial charge in [0.15, 0.2) is 0 Å². The summed E-state index contributed by atoms with van der Waals surface area (Å²) >= 11 is 5.69. The fourth-order valence-corrected chi connectivity index (χ4v) is 5.77. The van der Waals surface area contributed by atoms with Crippen molar-refractivity contribution in [2.24, 2.45) is 0 Å². The Morgan fingerprint density at radius 2 is 1.88 bits per heavy atom. The summed E-state index contributed by atoms with van der Waals surface area (Å²) in [6.07, 6.45) is 5.68. The number of thioether (sulfide) groups is 1. The van der Waals surface area contributed by atoms with E-state index in [2.05, 4.69) is 33.2 Å². The number of rotatable bonds is 6. The average molecular weight is 608 g/mol. The van der Waals surface area contributed by atoms with E-state index in [4.69, 9.17) is 4.74 Å². The molecule has 1 fully saturated rings. The Labute approximate surface area is 256 Å². The van der Waals surface area contributed by atoms with Crippen LogP contribution < -0.4 is 15.5 Å². The second-order valence-electron chi connectivity index (χ2n) is 11.6. The van der Waals surface area contributed by atoms with Crippen molar-refractivity contribution in [3.8, 4) is 0 Å². The molecule has 222 valence electrons. The molecule has 0 radical (unpaired) electrons. The van der Waals surface area contributed by atoms with E-state index in [9.17, 15) is 14.4 Å². The van der Waals surface area contributed by atoms with Gasteiger partial charge in [-0.15, -0.1) is 24.4 Å². The molecular formula is C31H37N5O4S2. The number of amides is 2. The molecule has 0 spiro atoms. The van der Waals surface area contributed by atoms with Gasteiger partial charge in [-0.25, -0.2) is 9.78 Å². The molecule has 2 amide bonds. The molecule has 2 aromatic heterocycles. The number of benzene rings is 1. The number of ether oxygens (including phenoxy) is 1. The molecule has 11 heteroatoms. The van der Waals surface area contributed by atoms with Crippen molar-refractivity contribution in [3.63, 3.8) is 0 Å². The molecule has 0 bridgehead atoms. The summed E-state index contributed by atoms with van der Waals surface area (Å²) in [5, 5.41) is 6.12. The van der Waals surface area contributed by atoms with E-state index in [1.165, 1.54) is 0 Å². The molecule has 5 rings (SSSR count). The SMILES string of the molecule is CC(C)(C)OC(=O)[C@H](Cc1ccc(N2C(=O)Cc3cccnc32)cc1)NC(=O)[C@H]1NCSC1(C)C.Sc1cccnc1. The van der Waals surface area contributed by atoms with Crippen LogP contribution in [0.5, 0.6) is 0 Å². The fourth-order valence-electron chi connectivity index (χ4n) is 4.64. The number of pyridine rings is 2. The zero-order valence-corrected chi connectivity index (χ0v) is 26.2. The van der Waals surface area contributed by atoms with Crippen molar-refractivity contribution in [1.82, 2.24) is 20.6 Å². The fraction of sp³-hybridized carbons (Fsp3) is 0.387. The van der Waals surface area contributed by atoms with Gasteiger partial charge in [-0.1, -0.05) is 18.2 Å². The summed E-state index contributed by atoms with van der Waals surface area (Å²) in [6.45, 7) is 9.42. The smallest absolute Gasteiger partial charge is 0.329 e. The number of carbonyl (C=O) groups excluding carboxylic acids is 3. The minimum absolute atomic E-state index is 0.0325. The van der Waals surface area contributed by atoms with Gasteiger partial charge in [-0.3, -0.25) is 24.8 Å². The lowest BCUT2D eigenvalue weighted by Crippen LogP contribution is -2.55. The number of esters is 1. The first kappa shape index (κ1) is 31.5. The third kappa shape index (κ3) is 8.11. The first-order valence-corrected chi connectivity index (χ1v) is 15.1. The van der Waals surface area contributed by atoms with Crippen LogP contribution in [-0.4, -0.2) is 56.1 Å². The summed E-state index contributed by atoms with van der Waals surface area (Å²) < 4.78 is 5.32. The van der Waals surface area contributed by atoms with Crippen molar-refractivity contribution in [1.29, 1.82) is 0 Å². The van der Waals surface area contributed by atoms with Crippen LogP contribution in [0, 0.1) is 0 Å². The van der Waals surface area contributed by atoms with Crippen LogP contribution in [0.1, 0.15) is 45.7 Å². The zero-order chi connectivity index (χ0) is 30.5. The summed E-state index contributed by atoms with van der Waals surface area (Å²) in [5.74, 6) is 0.587. The lowest BCUT2D eigenvalue weighted by molar-refractivity contribution is -0.158. The van der Waals surface area contributed by atoms with Gasteiger partial charge in [0, 0.05) is 46.1 Å². The van der Waals surface area contributed by atoms with Crippen LogP contribution in [0.4, 0.5) is 11.5 Å². The van der Waals surface area contributed by atoms with Gasteiger partial charge in [0.05, 0.1) is 12.1 Å². The van der Waals surface area contributed by atoms with E-state index in [1.807, 2.05) is 62.4 Å². The molecule has 9 nitrogen and oxygen atoms in total. The molecule has 3 aromatic rings. The van der Waals surface area contributed by atoms with Gasteiger partial charge in [0.2, 0.25) is 11.8 Å². The Morgan fingerprint density at radius 3 is 2.45 bits per heavy atom. The van der Waals surface area contributed by atoms with Gasteiger partial charge in [0.1, 0.15) is 23.5 Å². The number of carbonyl (C=O) groups is 3. The summed E-state index contributed by atoms with van der Waals surface area (Å²) in [4.78, 5) is 49.3. The number of anilines is 2. The van der Waals surface area contributed by atoms with Gasteiger partial charge in [-0.05, 0) is 70.5 Å². The number of thiol groups is 1. The number of nitrogens with one attached hydrogen (secondary N) is 2. The zero-order valence-electron chi connectivity index (χ0n) is 24.5. The van der Waals surface area contributed by atoms with Crippen LogP contribution >= 0.6 is 24.4 Å². The Morgan fingerprint density at radius 1 is 1.17 bits per heavy atom. The summed E-state index contributed by atoms with van der Waals surface area (Å²) in [7, 11) is 0. The van der Waals surface area contributed by atoms with Crippen molar-refractivity contribution >= 4 is 53.7 Å². The highest BCUT2D eigenvalue weighted by molar-refractivity contribution is 8.00. The highest BCUT2D eigenvalue weighted by Crippen LogP contribution is 2.34. The third-order valence-corrected chi connectivity index (χ3v) is 8.20. The number of hydrogen-bond donors (Lipinski definition) is 3. The van der Waals surface area contributed by atoms with E-state index >= 15 is 0 Å². The van der Waals surface area contributed by atoms with Crippen LogP contribution in [0.25, 0.3) is 0 Å². The lowest BCUT2D eigenvalue weighted by Gasteiger charge is -2.28. The summed E-state index contributed by atoms with van der Waals surface area (Å²) in [5.41, 5.74) is 1.77. The normalized spacial score (nSPS) is 18.0. The molecule has 0 aliphatic carbocycles. The number of hydrogen-bond acceptors (Lipinski definition) is 9. The molecule has 0 unspecified atom stereocenters. The molecule has 42 heavy (non-hydrogen) atoms. The monoisotopic (exact) mass is 607 g/mol. The van der Waals surface area contributed by atoms with Crippen molar-refractivity contribution < 1.29 is 19.1 Å². The maximum absolute atomic E-state index is 13.1. The Balaban J connectivity index is 0.000000507. The van der Waals surface area contributed by atoms with Gasteiger partial charge in [0.25, 0.3) is 0 Å². The van der Waals surface area contributed by atoms with Crippen molar-refractivity contribution in [2.45, 2.75) is 74.8 Å². The molecule has 1 saturated heterocycles. The highest BCUT2D eigenvalue weighted by atomic mass is 32.2. The van der Waals surface area contributed by atoms with E-state index in [0.29, 0.717) is 23.8 Å². The number of aromatic nitrogens is 2. The molecular weight excluding hydrogens is 571 g/mol. The molecule has 0 saturated carbocycles. The van der Waals surface area contributed by atoms with Crippen molar-refractivity contribution in [2.75, 3.05) is 10.8 Å². The van der Waals surface area contributed by atoms with Crippen LogP contribution in [-0.2, 0) is 32.0 Å². The number of nitrogens with zero attached hydrogens (tertiary/aromatic N) is 3. The van der Waals surface area contributed by atoms with E-state index < -0.39 is 23.7 Å². The topological polar surface area (TPSA) is 114 Å². The van der Waals surface area contributed by atoms with E-state index in [-0.39, 0.29) is 23.0 Å². The van der Waals surface area contributed by atoms with Crippen LogP contribution in [0.3, 0.4) is 0 Å². The molecule has 4 heterocycles.